The Hall–Kier alpha value is -0.780. The van der Waals surface area contributed by atoms with Crippen molar-refractivity contribution in [3.63, 3.8) is 0 Å². The van der Waals surface area contributed by atoms with Crippen LogP contribution in [-0.4, -0.2) is 11.2 Å². The third kappa shape index (κ3) is 3.87. The average molecular weight is 270 g/mol. The topological polar surface area (TPSA) is 46.2 Å². The minimum absolute atomic E-state index is 0. The molecule has 2 nitrogen and oxygen atoms in total. The van der Waals surface area contributed by atoms with Crippen molar-refractivity contribution in [2.45, 2.75) is 31.9 Å². The highest BCUT2D eigenvalue weighted by atomic mass is 35.5. The molecule has 0 radical (unpaired) electrons. The van der Waals surface area contributed by atoms with Gasteiger partial charge < -0.3 is 10.8 Å². The van der Waals surface area contributed by atoms with E-state index in [4.69, 9.17) is 5.73 Å². The highest BCUT2D eigenvalue weighted by Gasteiger charge is 2.22. The van der Waals surface area contributed by atoms with E-state index in [1.54, 1.807) is 0 Å². The SMILES string of the molecule is CCC[C@@H](O)[C@@H](N)c1cc(F)cc(F)c1F.Cl. The van der Waals surface area contributed by atoms with Gasteiger partial charge in [-0.2, -0.15) is 0 Å². The number of hydrogen-bond donors (Lipinski definition) is 2. The molecule has 1 aromatic carbocycles. The summed E-state index contributed by atoms with van der Waals surface area (Å²) in [5, 5.41) is 9.54. The molecule has 1 rings (SSSR count). The van der Waals surface area contributed by atoms with Gasteiger partial charge in [0.25, 0.3) is 0 Å². The van der Waals surface area contributed by atoms with Crippen molar-refractivity contribution in [2.24, 2.45) is 5.73 Å². The van der Waals surface area contributed by atoms with Gasteiger partial charge in [-0.3, -0.25) is 0 Å². The molecule has 0 unspecified atom stereocenters. The van der Waals surface area contributed by atoms with Crippen LogP contribution in [-0.2, 0) is 0 Å². The van der Waals surface area contributed by atoms with Crippen molar-refractivity contribution in [1.29, 1.82) is 0 Å². The van der Waals surface area contributed by atoms with E-state index in [1.165, 1.54) is 0 Å². The zero-order valence-electron chi connectivity index (χ0n) is 9.29. The Kier molecular flexibility index (Phi) is 6.52. The lowest BCUT2D eigenvalue weighted by Crippen LogP contribution is -2.27. The summed E-state index contributed by atoms with van der Waals surface area (Å²) in [5.74, 6) is -3.41. The quantitative estimate of drug-likeness (QED) is 0.826. The number of benzene rings is 1. The summed E-state index contributed by atoms with van der Waals surface area (Å²) in [6.45, 7) is 1.82. The maximum Gasteiger partial charge on any atom is 0.163 e. The van der Waals surface area contributed by atoms with Crippen LogP contribution in [0.2, 0.25) is 0 Å². The van der Waals surface area contributed by atoms with Gasteiger partial charge in [-0.05, 0) is 12.5 Å². The van der Waals surface area contributed by atoms with Gasteiger partial charge >= 0.3 is 0 Å². The summed E-state index contributed by atoms with van der Waals surface area (Å²) < 4.78 is 39.1. The molecule has 0 fully saturated rings. The first kappa shape index (κ1) is 16.2. The van der Waals surface area contributed by atoms with Gasteiger partial charge in [0.15, 0.2) is 11.6 Å². The second-order valence-corrected chi connectivity index (χ2v) is 3.67. The van der Waals surface area contributed by atoms with E-state index >= 15 is 0 Å². The molecule has 0 aliphatic rings. The van der Waals surface area contributed by atoms with Crippen molar-refractivity contribution in [3.05, 3.63) is 35.1 Å². The van der Waals surface area contributed by atoms with Crippen molar-refractivity contribution in [3.8, 4) is 0 Å². The van der Waals surface area contributed by atoms with E-state index in [2.05, 4.69) is 0 Å². The maximum absolute atomic E-state index is 13.3. The summed E-state index contributed by atoms with van der Waals surface area (Å²) in [5.41, 5.74) is 5.21. The van der Waals surface area contributed by atoms with E-state index in [0.717, 1.165) is 6.07 Å². The number of halogens is 4. The lowest BCUT2D eigenvalue weighted by Gasteiger charge is -2.19. The fourth-order valence-electron chi connectivity index (χ4n) is 1.50. The second kappa shape index (κ2) is 6.83. The van der Waals surface area contributed by atoms with Crippen molar-refractivity contribution < 1.29 is 18.3 Å². The Bertz CT molecular complexity index is 376. The van der Waals surface area contributed by atoms with Crippen LogP contribution < -0.4 is 5.73 Å². The largest absolute Gasteiger partial charge is 0.391 e. The number of aliphatic hydroxyl groups excluding tert-OH is 1. The first-order chi connectivity index (χ1) is 7.47. The molecule has 98 valence electrons. The van der Waals surface area contributed by atoms with E-state index in [0.29, 0.717) is 18.9 Å². The third-order valence-corrected chi connectivity index (χ3v) is 2.38. The number of rotatable bonds is 4. The Balaban J connectivity index is 0.00000256. The summed E-state index contributed by atoms with van der Waals surface area (Å²) >= 11 is 0. The Labute approximate surface area is 104 Å². The normalized spacial score (nSPS) is 14.0. The fraction of sp³-hybridized carbons (Fsp3) is 0.455. The van der Waals surface area contributed by atoms with E-state index in [9.17, 15) is 18.3 Å². The molecule has 0 amide bonds. The second-order valence-electron chi connectivity index (χ2n) is 3.67. The summed E-state index contributed by atoms with van der Waals surface area (Å²) in [7, 11) is 0. The molecule has 0 bridgehead atoms. The molecule has 0 aliphatic heterocycles. The molecule has 0 aliphatic carbocycles. The minimum atomic E-state index is -1.30. The molecule has 17 heavy (non-hydrogen) atoms. The lowest BCUT2D eigenvalue weighted by molar-refractivity contribution is 0.132. The zero-order valence-corrected chi connectivity index (χ0v) is 10.1. The number of nitrogens with two attached hydrogens (primary N) is 1. The van der Waals surface area contributed by atoms with Gasteiger partial charge in [0.05, 0.1) is 12.1 Å². The number of hydrogen-bond acceptors (Lipinski definition) is 2. The van der Waals surface area contributed by atoms with Crippen LogP contribution in [0.15, 0.2) is 12.1 Å². The predicted octanol–water partition coefficient (Wildman–Crippen LogP) is 2.69. The molecular formula is C11H15ClF3NO. The Morgan fingerprint density at radius 2 is 1.88 bits per heavy atom. The predicted molar refractivity (Wildman–Crippen MR) is 61.4 cm³/mol. The van der Waals surface area contributed by atoms with Crippen LogP contribution in [0.1, 0.15) is 31.4 Å². The lowest BCUT2D eigenvalue weighted by atomic mass is 9.98. The fourth-order valence-corrected chi connectivity index (χ4v) is 1.50. The zero-order chi connectivity index (χ0) is 12.3. The molecule has 0 spiro atoms. The number of aliphatic hydroxyl groups is 1. The van der Waals surface area contributed by atoms with Crippen LogP contribution in [0.5, 0.6) is 0 Å². The van der Waals surface area contributed by atoms with Crippen LogP contribution in [0.4, 0.5) is 13.2 Å². The molecular weight excluding hydrogens is 255 g/mol. The maximum atomic E-state index is 13.3. The van der Waals surface area contributed by atoms with Crippen LogP contribution >= 0.6 is 12.4 Å². The molecule has 0 aromatic heterocycles. The monoisotopic (exact) mass is 269 g/mol. The van der Waals surface area contributed by atoms with Gasteiger partial charge in [0.2, 0.25) is 0 Å². The molecule has 3 N–H and O–H groups in total. The molecule has 0 saturated heterocycles. The van der Waals surface area contributed by atoms with Gasteiger partial charge in [-0.25, -0.2) is 13.2 Å². The summed E-state index contributed by atoms with van der Waals surface area (Å²) in [6, 6.07) is 0.129. The first-order valence-electron chi connectivity index (χ1n) is 5.05. The Morgan fingerprint density at radius 1 is 1.29 bits per heavy atom. The van der Waals surface area contributed by atoms with Crippen molar-refractivity contribution >= 4 is 12.4 Å². The molecule has 0 heterocycles. The Morgan fingerprint density at radius 3 is 2.41 bits per heavy atom. The summed E-state index contributed by atoms with van der Waals surface area (Å²) in [6.07, 6.45) is -0.0202. The molecule has 2 atom stereocenters. The first-order valence-corrected chi connectivity index (χ1v) is 5.05. The van der Waals surface area contributed by atoms with Gasteiger partial charge in [-0.15, -0.1) is 12.4 Å². The molecule has 1 aromatic rings. The summed E-state index contributed by atoms with van der Waals surface area (Å²) in [4.78, 5) is 0. The van der Waals surface area contributed by atoms with Crippen molar-refractivity contribution in [1.82, 2.24) is 0 Å². The van der Waals surface area contributed by atoms with Gasteiger partial charge in [0, 0.05) is 11.6 Å². The van der Waals surface area contributed by atoms with Crippen LogP contribution in [0, 0.1) is 17.5 Å². The van der Waals surface area contributed by atoms with E-state index in [1.807, 2.05) is 6.92 Å². The highest BCUT2D eigenvalue weighted by Crippen LogP contribution is 2.23. The van der Waals surface area contributed by atoms with E-state index < -0.39 is 29.6 Å². The smallest absolute Gasteiger partial charge is 0.163 e. The molecule has 0 saturated carbocycles. The van der Waals surface area contributed by atoms with Crippen LogP contribution in [0.3, 0.4) is 0 Å². The van der Waals surface area contributed by atoms with Crippen LogP contribution in [0.25, 0.3) is 0 Å². The third-order valence-electron chi connectivity index (χ3n) is 2.38. The minimum Gasteiger partial charge on any atom is -0.391 e. The molecule has 6 heteroatoms. The standard InChI is InChI=1S/C11H14F3NO.ClH/c1-2-3-9(16)11(15)7-4-6(12)5-8(13)10(7)14;/h4-5,9,11,16H,2-3,15H2,1H3;1H/t9-,11+;/m1./s1. The highest BCUT2D eigenvalue weighted by molar-refractivity contribution is 5.85. The average Bonchev–Trinajstić information content (AvgIpc) is 2.22. The van der Waals surface area contributed by atoms with Gasteiger partial charge in [-0.1, -0.05) is 13.3 Å². The van der Waals surface area contributed by atoms with Crippen molar-refractivity contribution in [2.75, 3.05) is 0 Å². The van der Waals surface area contributed by atoms with Gasteiger partial charge in [0.1, 0.15) is 5.82 Å². The van der Waals surface area contributed by atoms with E-state index in [-0.39, 0.29) is 18.0 Å².